The molecule has 0 saturated heterocycles. The van der Waals surface area contributed by atoms with Crippen LogP contribution in [-0.4, -0.2) is 26.2 Å². The summed E-state index contributed by atoms with van der Waals surface area (Å²) in [4.78, 5) is 4.04. The van der Waals surface area contributed by atoms with Gasteiger partial charge in [0.05, 0.1) is 12.7 Å². The van der Waals surface area contributed by atoms with E-state index in [9.17, 15) is 13.2 Å². The predicted molar refractivity (Wildman–Crippen MR) is 85.6 cm³/mol. The summed E-state index contributed by atoms with van der Waals surface area (Å²) in [5.74, 6) is 1.02. The number of alkyl halides is 3. The first-order chi connectivity index (χ1) is 10.7. The third kappa shape index (κ3) is 5.65. The summed E-state index contributed by atoms with van der Waals surface area (Å²) in [6, 6.07) is 4.08. The Labute approximate surface area is 135 Å². The minimum atomic E-state index is -4.44. The maximum atomic E-state index is 13.2. The van der Waals surface area contributed by atoms with Crippen molar-refractivity contribution in [2.24, 2.45) is 10.9 Å². The average Bonchev–Trinajstić information content (AvgIpc) is 2.49. The van der Waals surface area contributed by atoms with Gasteiger partial charge in [-0.15, -0.1) is 0 Å². The van der Waals surface area contributed by atoms with Crippen molar-refractivity contribution in [3.63, 3.8) is 0 Å². The topological polar surface area (TPSA) is 45.7 Å². The second kappa shape index (κ2) is 8.08. The maximum absolute atomic E-state index is 13.2. The van der Waals surface area contributed by atoms with Gasteiger partial charge in [-0.25, -0.2) is 0 Å². The molecule has 2 N–H and O–H groups in total. The highest BCUT2D eigenvalue weighted by Crippen LogP contribution is 2.34. The molecule has 0 spiro atoms. The van der Waals surface area contributed by atoms with Crippen LogP contribution in [0.5, 0.6) is 5.75 Å². The molecule has 23 heavy (non-hydrogen) atoms. The van der Waals surface area contributed by atoms with Gasteiger partial charge in [-0.3, -0.25) is 4.99 Å². The van der Waals surface area contributed by atoms with Crippen LogP contribution in [0.1, 0.15) is 31.9 Å². The molecule has 0 saturated carbocycles. The highest BCUT2D eigenvalue weighted by Gasteiger charge is 2.33. The standard InChI is InChI=1S/C16H24F3N3O/c1-10(2)11(3)22-15(20-4)21-9-12-6-7-13(23-5)8-14(12)16(17,18)19/h6-8,10-11H,9H2,1-5H3,(H2,20,21,22). The van der Waals surface area contributed by atoms with E-state index in [-0.39, 0.29) is 23.9 Å². The maximum Gasteiger partial charge on any atom is 0.416 e. The lowest BCUT2D eigenvalue weighted by molar-refractivity contribution is -0.138. The lowest BCUT2D eigenvalue weighted by atomic mass is 10.1. The Kier molecular flexibility index (Phi) is 6.72. The summed E-state index contributed by atoms with van der Waals surface area (Å²) < 4.78 is 44.3. The first kappa shape index (κ1) is 19.1. The molecule has 1 rings (SSSR count). The minimum absolute atomic E-state index is 0.0172. The van der Waals surface area contributed by atoms with E-state index in [2.05, 4.69) is 29.5 Å². The Bertz CT molecular complexity index is 542. The van der Waals surface area contributed by atoms with Gasteiger partial charge in [0, 0.05) is 19.6 Å². The molecule has 0 fully saturated rings. The normalized spacial score (nSPS) is 13.9. The van der Waals surface area contributed by atoms with Crippen molar-refractivity contribution < 1.29 is 17.9 Å². The molecule has 1 aromatic carbocycles. The van der Waals surface area contributed by atoms with Crippen molar-refractivity contribution in [3.8, 4) is 5.75 Å². The molecule has 0 amide bonds. The second-order valence-electron chi connectivity index (χ2n) is 5.62. The summed E-state index contributed by atoms with van der Waals surface area (Å²) in [6.45, 7) is 6.11. The Balaban J connectivity index is 2.88. The van der Waals surface area contributed by atoms with E-state index in [0.717, 1.165) is 6.07 Å². The van der Waals surface area contributed by atoms with Crippen LogP contribution in [0.2, 0.25) is 0 Å². The van der Waals surface area contributed by atoms with Gasteiger partial charge in [0.15, 0.2) is 5.96 Å². The molecule has 0 bridgehead atoms. The number of aliphatic imine (C=N–C) groups is 1. The van der Waals surface area contributed by atoms with Gasteiger partial charge in [-0.2, -0.15) is 13.2 Å². The summed E-state index contributed by atoms with van der Waals surface area (Å²) in [7, 11) is 2.92. The van der Waals surface area contributed by atoms with Crippen molar-refractivity contribution in [2.75, 3.05) is 14.2 Å². The first-order valence-corrected chi connectivity index (χ1v) is 7.40. The molecular weight excluding hydrogens is 307 g/mol. The van der Waals surface area contributed by atoms with Crippen LogP contribution < -0.4 is 15.4 Å². The molecule has 7 heteroatoms. The molecular formula is C16H24F3N3O. The van der Waals surface area contributed by atoms with E-state index in [4.69, 9.17) is 4.74 Å². The number of benzene rings is 1. The van der Waals surface area contributed by atoms with Crippen molar-refractivity contribution in [1.29, 1.82) is 0 Å². The fraction of sp³-hybridized carbons (Fsp3) is 0.562. The fourth-order valence-corrected chi connectivity index (χ4v) is 1.86. The van der Waals surface area contributed by atoms with Crippen LogP contribution in [0.15, 0.2) is 23.2 Å². The zero-order valence-corrected chi connectivity index (χ0v) is 14.1. The van der Waals surface area contributed by atoms with Crippen LogP contribution >= 0.6 is 0 Å². The van der Waals surface area contributed by atoms with Crippen molar-refractivity contribution in [1.82, 2.24) is 10.6 Å². The summed E-state index contributed by atoms with van der Waals surface area (Å²) in [5.41, 5.74) is -0.574. The molecule has 0 aromatic heterocycles. The van der Waals surface area contributed by atoms with Crippen molar-refractivity contribution in [2.45, 2.75) is 39.5 Å². The van der Waals surface area contributed by atoms with Crippen molar-refractivity contribution in [3.05, 3.63) is 29.3 Å². The zero-order valence-electron chi connectivity index (χ0n) is 14.1. The number of hydrogen-bond donors (Lipinski definition) is 2. The first-order valence-electron chi connectivity index (χ1n) is 7.40. The Morgan fingerprint density at radius 3 is 2.39 bits per heavy atom. The highest BCUT2D eigenvalue weighted by molar-refractivity contribution is 5.80. The summed E-state index contributed by atoms with van der Waals surface area (Å²) in [5, 5.41) is 6.07. The molecule has 0 heterocycles. The summed E-state index contributed by atoms with van der Waals surface area (Å²) >= 11 is 0. The SMILES string of the molecule is CN=C(NCc1ccc(OC)cc1C(F)(F)F)NC(C)C(C)C. The predicted octanol–water partition coefficient (Wildman–Crippen LogP) is 3.42. The highest BCUT2D eigenvalue weighted by atomic mass is 19.4. The molecule has 1 atom stereocenters. The number of guanidine groups is 1. The van der Waals surface area contributed by atoms with E-state index < -0.39 is 11.7 Å². The lowest BCUT2D eigenvalue weighted by Crippen LogP contribution is -2.44. The number of rotatable bonds is 5. The van der Waals surface area contributed by atoms with Gasteiger partial charge in [0.25, 0.3) is 0 Å². The van der Waals surface area contributed by atoms with Gasteiger partial charge in [-0.1, -0.05) is 19.9 Å². The van der Waals surface area contributed by atoms with E-state index in [1.807, 2.05) is 6.92 Å². The number of halogens is 3. The Hall–Kier alpha value is -1.92. The molecule has 4 nitrogen and oxygen atoms in total. The molecule has 0 aliphatic heterocycles. The van der Waals surface area contributed by atoms with E-state index >= 15 is 0 Å². The van der Waals surface area contributed by atoms with Crippen LogP contribution in [0.4, 0.5) is 13.2 Å². The van der Waals surface area contributed by atoms with Crippen LogP contribution in [0, 0.1) is 5.92 Å². The number of nitrogens with one attached hydrogen (secondary N) is 2. The quantitative estimate of drug-likeness (QED) is 0.642. The van der Waals surface area contributed by atoms with Crippen LogP contribution in [0.25, 0.3) is 0 Å². The molecule has 1 unspecified atom stereocenters. The molecule has 0 aliphatic rings. The number of methoxy groups -OCH3 is 1. The average molecular weight is 331 g/mol. The van der Waals surface area contributed by atoms with Gasteiger partial charge in [0.1, 0.15) is 5.75 Å². The molecule has 130 valence electrons. The lowest BCUT2D eigenvalue weighted by Gasteiger charge is -2.21. The van der Waals surface area contributed by atoms with Gasteiger partial charge in [-0.05, 0) is 30.5 Å². The smallest absolute Gasteiger partial charge is 0.416 e. The zero-order chi connectivity index (χ0) is 17.6. The van der Waals surface area contributed by atoms with E-state index in [1.165, 1.54) is 19.2 Å². The number of hydrogen-bond acceptors (Lipinski definition) is 2. The minimum Gasteiger partial charge on any atom is -0.497 e. The number of nitrogens with zero attached hydrogens (tertiary/aromatic N) is 1. The molecule has 1 aromatic rings. The van der Waals surface area contributed by atoms with Crippen LogP contribution in [-0.2, 0) is 12.7 Å². The Morgan fingerprint density at radius 1 is 1.26 bits per heavy atom. The summed E-state index contributed by atoms with van der Waals surface area (Å²) in [6.07, 6.45) is -4.44. The van der Waals surface area contributed by atoms with E-state index in [1.54, 1.807) is 7.05 Å². The Morgan fingerprint density at radius 2 is 1.91 bits per heavy atom. The fourth-order valence-electron chi connectivity index (χ4n) is 1.86. The van der Waals surface area contributed by atoms with Crippen LogP contribution in [0.3, 0.4) is 0 Å². The largest absolute Gasteiger partial charge is 0.497 e. The van der Waals surface area contributed by atoms with Crippen molar-refractivity contribution >= 4 is 5.96 Å². The monoisotopic (exact) mass is 331 g/mol. The van der Waals surface area contributed by atoms with Gasteiger partial charge >= 0.3 is 6.18 Å². The van der Waals surface area contributed by atoms with Gasteiger partial charge < -0.3 is 15.4 Å². The van der Waals surface area contributed by atoms with E-state index in [0.29, 0.717) is 11.9 Å². The third-order valence-corrected chi connectivity index (χ3v) is 3.66. The third-order valence-electron chi connectivity index (χ3n) is 3.66. The van der Waals surface area contributed by atoms with Gasteiger partial charge in [0.2, 0.25) is 0 Å². The number of ether oxygens (including phenoxy) is 1. The molecule has 0 radical (unpaired) electrons. The molecule has 0 aliphatic carbocycles. The second-order valence-corrected chi connectivity index (χ2v) is 5.62.